The first-order chi connectivity index (χ1) is 8.31. The third-order valence-corrected chi connectivity index (χ3v) is 3.05. The first-order valence-corrected chi connectivity index (χ1v) is 6.00. The zero-order valence-electron chi connectivity index (χ0n) is 9.32. The third-order valence-electron chi connectivity index (χ3n) is 2.84. The predicted molar refractivity (Wildman–Crippen MR) is 65.0 cm³/mol. The number of halogens is 1. The lowest BCUT2D eigenvalue weighted by Crippen LogP contribution is -2.35. The monoisotopic (exact) mass is 252 g/mol. The molecule has 2 aromatic rings. The molecule has 1 fully saturated rings. The van der Waals surface area contributed by atoms with E-state index in [2.05, 4.69) is 19.9 Å². The van der Waals surface area contributed by atoms with Crippen LogP contribution in [0, 0.1) is 0 Å². The fraction of sp³-hybridized carbons (Fsp3) is 0.455. The molecule has 17 heavy (non-hydrogen) atoms. The Morgan fingerprint density at radius 3 is 2.94 bits per heavy atom. The van der Waals surface area contributed by atoms with Crippen molar-refractivity contribution in [3.05, 3.63) is 23.1 Å². The van der Waals surface area contributed by atoms with Gasteiger partial charge < -0.3 is 9.72 Å². The van der Waals surface area contributed by atoms with E-state index in [4.69, 9.17) is 16.3 Å². The van der Waals surface area contributed by atoms with Crippen LogP contribution in [0.25, 0.3) is 11.2 Å². The van der Waals surface area contributed by atoms with Gasteiger partial charge in [0.05, 0.1) is 25.3 Å². The third kappa shape index (κ3) is 2.41. The molecule has 0 atom stereocenters. The van der Waals surface area contributed by atoms with Crippen LogP contribution in [0.3, 0.4) is 0 Å². The van der Waals surface area contributed by atoms with Crippen molar-refractivity contribution in [2.75, 3.05) is 26.3 Å². The molecule has 0 bridgehead atoms. The average molecular weight is 253 g/mol. The number of ether oxygens (including phenoxy) is 1. The summed E-state index contributed by atoms with van der Waals surface area (Å²) in [5, 5.41) is 0.474. The molecule has 1 aliphatic heterocycles. The molecule has 0 spiro atoms. The molecule has 2 aromatic heterocycles. The molecule has 0 unspecified atom stereocenters. The Labute approximate surface area is 104 Å². The van der Waals surface area contributed by atoms with Crippen LogP contribution in [-0.4, -0.2) is 46.2 Å². The quantitative estimate of drug-likeness (QED) is 0.822. The molecule has 0 aliphatic carbocycles. The maximum absolute atomic E-state index is 5.83. The second-order valence-electron chi connectivity index (χ2n) is 4.08. The first kappa shape index (κ1) is 11.0. The van der Waals surface area contributed by atoms with Gasteiger partial charge in [-0.05, 0) is 12.1 Å². The maximum Gasteiger partial charge on any atom is 0.179 e. The van der Waals surface area contributed by atoms with Gasteiger partial charge in [-0.1, -0.05) is 11.6 Å². The van der Waals surface area contributed by atoms with Crippen molar-refractivity contribution in [3.63, 3.8) is 0 Å². The summed E-state index contributed by atoms with van der Waals surface area (Å²) in [7, 11) is 0. The van der Waals surface area contributed by atoms with Crippen molar-refractivity contribution in [3.8, 4) is 0 Å². The van der Waals surface area contributed by atoms with E-state index in [1.807, 2.05) is 6.07 Å². The number of hydrogen-bond acceptors (Lipinski definition) is 4. The van der Waals surface area contributed by atoms with Crippen LogP contribution in [0.1, 0.15) is 5.82 Å². The molecule has 6 heteroatoms. The van der Waals surface area contributed by atoms with Gasteiger partial charge in [0.25, 0.3) is 0 Å². The molecular formula is C11H13ClN4O. The summed E-state index contributed by atoms with van der Waals surface area (Å²) in [6.07, 6.45) is 0. The molecular weight excluding hydrogens is 240 g/mol. The number of aromatic amines is 1. The zero-order valence-corrected chi connectivity index (χ0v) is 10.1. The van der Waals surface area contributed by atoms with E-state index in [0.717, 1.165) is 44.2 Å². The molecule has 0 radical (unpaired) electrons. The summed E-state index contributed by atoms with van der Waals surface area (Å²) in [5.74, 6) is 0.927. The summed E-state index contributed by atoms with van der Waals surface area (Å²) in [5.41, 5.74) is 1.61. The number of rotatable bonds is 2. The molecule has 1 aliphatic rings. The smallest absolute Gasteiger partial charge is 0.179 e. The standard InChI is InChI=1S/C11H13ClN4O/c12-9-2-1-8-11(14-9)15-10(13-8)7-16-3-5-17-6-4-16/h1-2H,3-7H2,(H,13,14,15). The number of nitrogens with zero attached hydrogens (tertiary/aromatic N) is 3. The van der Waals surface area contributed by atoms with E-state index >= 15 is 0 Å². The molecule has 0 saturated carbocycles. The van der Waals surface area contributed by atoms with Crippen LogP contribution < -0.4 is 0 Å². The van der Waals surface area contributed by atoms with Crippen LogP contribution in [0.2, 0.25) is 5.15 Å². The summed E-state index contributed by atoms with van der Waals surface area (Å²) in [6, 6.07) is 3.67. The lowest BCUT2D eigenvalue weighted by atomic mass is 10.4. The minimum atomic E-state index is 0.474. The number of pyridine rings is 1. The van der Waals surface area contributed by atoms with Crippen molar-refractivity contribution < 1.29 is 4.74 Å². The second-order valence-corrected chi connectivity index (χ2v) is 4.46. The Bertz CT molecular complexity index is 521. The largest absolute Gasteiger partial charge is 0.379 e. The molecule has 1 saturated heterocycles. The minimum Gasteiger partial charge on any atom is -0.379 e. The lowest BCUT2D eigenvalue weighted by molar-refractivity contribution is 0.0332. The van der Waals surface area contributed by atoms with Crippen LogP contribution in [0.5, 0.6) is 0 Å². The van der Waals surface area contributed by atoms with E-state index in [1.54, 1.807) is 6.07 Å². The molecule has 1 N–H and O–H groups in total. The molecule has 5 nitrogen and oxygen atoms in total. The van der Waals surface area contributed by atoms with Crippen molar-refractivity contribution >= 4 is 22.8 Å². The van der Waals surface area contributed by atoms with E-state index < -0.39 is 0 Å². The maximum atomic E-state index is 5.83. The van der Waals surface area contributed by atoms with Gasteiger partial charge in [-0.25, -0.2) is 9.97 Å². The number of morpholine rings is 1. The number of hydrogen-bond donors (Lipinski definition) is 1. The van der Waals surface area contributed by atoms with Gasteiger partial charge >= 0.3 is 0 Å². The van der Waals surface area contributed by atoms with Crippen LogP contribution >= 0.6 is 11.6 Å². The number of nitrogens with one attached hydrogen (secondary N) is 1. The normalized spacial score (nSPS) is 17.7. The Morgan fingerprint density at radius 2 is 2.12 bits per heavy atom. The van der Waals surface area contributed by atoms with Gasteiger partial charge in [-0.2, -0.15) is 0 Å². The van der Waals surface area contributed by atoms with Gasteiger partial charge in [0.15, 0.2) is 5.65 Å². The highest BCUT2D eigenvalue weighted by atomic mass is 35.5. The number of H-pyrrole nitrogens is 1. The van der Waals surface area contributed by atoms with Crippen LogP contribution in [0.4, 0.5) is 0 Å². The molecule has 3 rings (SSSR count). The SMILES string of the molecule is Clc1ccc2[nH]c(CN3CCOCC3)nc2n1. The fourth-order valence-electron chi connectivity index (χ4n) is 1.97. The fourth-order valence-corrected chi connectivity index (χ4v) is 2.11. The van der Waals surface area contributed by atoms with Crippen molar-refractivity contribution in [1.82, 2.24) is 19.9 Å². The Balaban J connectivity index is 1.80. The number of fused-ring (bicyclic) bond motifs is 1. The highest BCUT2D eigenvalue weighted by Gasteiger charge is 2.13. The van der Waals surface area contributed by atoms with Crippen LogP contribution in [-0.2, 0) is 11.3 Å². The van der Waals surface area contributed by atoms with Gasteiger partial charge in [-0.15, -0.1) is 0 Å². The second kappa shape index (κ2) is 4.60. The van der Waals surface area contributed by atoms with Crippen molar-refractivity contribution in [1.29, 1.82) is 0 Å². The minimum absolute atomic E-state index is 0.474. The van der Waals surface area contributed by atoms with Crippen LogP contribution in [0.15, 0.2) is 12.1 Å². The Kier molecular flexibility index (Phi) is 2.96. The summed E-state index contributed by atoms with van der Waals surface area (Å²) in [6.45, 7) is 4.29. The lowest BCUT2D eigenvalue weighted by Gasteiger charge is -2.25. The topological polar surface area (TPSA) is 54.0 Å². The number of imidazole rings is 1. The van der Waals surface area contributed by atoms with Crippen molar-refractivity contribution in [2.45, 2.75) is 6.54 Å². The molecule has 3 heterocycles. The van der Waals surface area contributed by atoms with Gasteiger partial charge in [0.2, 0.25) is 0 Å². The van der Waals surface area contributed by atoms with E-state index in [9.17, 15) is 0 Å². The van der Waals surface area contributed by atoms with Gasteiger partial charge in [0.1, 0.15) is 11.0 Å². The summed E-state index contributed by atoms with van der Waals surface area (Å²) < 4.78 is 5.31. The average Bonchev–Trinajstić information content (AvgIpc) is 2.71. The molecule has 0 amide bonds. The summed E-state index contributed by atoms with van der Waals surface area (Å²) >= 11 is 5.83. The first-order valence-electron chi connectivity index (χ1n) is 5.62. The Hall–Kier alpha value is -1.17. The highest BCUT2D eigenvalue weighted by Crippen LogP contribution is 2.14. The highest BCUT2D eigenvalue weighted by molar-refractivity contribution is 6.29. The number of aromatic nitrogens is 3. The predicted octanol–water partition coefficient (Wildman–Crippen LogP) is 1.44. The molecule has 90 valence electrons. The molecule has 0 aromatic carbocycles. The zero-order chi connectivity index (χ0) is 11.7. The van der Waals surface area contributed by atoms with E-state index in [1.165, 1.54) is 0 Å². The Morgan fingerprint density at radius 1 is 1.29 bits per heavy atom. The van der Waals surface area contributed by atoms with E-state index in [-0.39, 0.29) is 0 Å². The van der Waals surface area contributed by atoms with Crippen molar-refractivity contribution in [2.24, 2.45) is 0 Å². The van der Waals surface area contributed by atoms with Gasteiger partial charge in [-0.3, -0.25) is 4.90 Å². The van der Waals surface area contributed by atoms with E-state index in [0.29, 0.717) is 10.8 Å². The summed E-state index contributed by atoms with van der Waals surface area (Å²) in [4.78, 5) is 14.2. The van der Waals surface area contributed by atoms with Gasteiger partial charge in [0, 0.05) is 13.1 Å².